The largest absolute Gasteiger partial charge is 0.311 e. The molecule has 0 heterocycles. The number of rotatable bonds is 8. The van der Waals surface area contributed by atoms with Gasteiger partial charge in [0.05, 0.1) is 0 Å². The molecule has 0 unspecified atom stereocenters. The summed E-state index contributed by atoms with van der Waals surface area (Å²) in [5, 5.41) is 2.84. The monoisotopic (exact) mass is 733 g/mol. The van der Waals surface area contributed by atoms with Crippen molar-refractivity contribution < 1.29 is 0 Å². The quantitative estimate of drug-likeness (QED) is 0.150. The van der Waals surface area contributed by atoms with Gasteiger partial charge in [0.25, 0.3) is 0 Å². The van der Waals surface area contributed by atoms with Crippen molar-refractivity contribution in [2.45, 2.75) is 38.0 Å². The van der Waals surface area contributed by atoms with Gasteiger partial charge in [0.1, 0.15) is 0 Å². The summed E-state index contributed by atoms with van der Waals surface area (Å²) in [6.45, 7) is 0. The minimum atomic E-state index is 0.679. The summed E-state index contributed by atoms with van der Waals surface area (Å²) in [5.41, 5.74) is 15.1. The molecule has 0 atom stereocenters. The average molecular weight is 734 g/mol. The number of benzene rings is 8. The van der Waals surface area contributed by atoms with Gasteiger partial charge in [-0.1, -0.05) is 152 Å². The van der Waals surface area contributed by atoms with E-state index in [1.807, 2.05) is 0 Å². The standard InChI is InChI=1S/C56H47N/c1-4-10-40(11-5-1)42-16-23-49(24-17-42)57(50-25-18-43(19-26-50)41-12-6-2-7-13-41)51-27-20-44(21-28-51)46-22-29-53-52(45-14-8-3-9-15-45)30-31-54(55(53)37-46)56-47-33-38-32-39(35-47)36-48(56)34-38/h1-31,37-39,47-48,56H,32-36H2. The molecule has 4 bridgehead atoms. The smallest absolute Gasteiger partial charge is 0.0462 e. The summed E-state index contributed by atoms with van der Waals surface area (Å²) in [5.74, 6) is 4.29. The Balaban J connectivity index is 0.979. The first-order chi connectivity index (χ1) is 28.2. The first kappa shape index (κ1) is 34.1. The van der Waals surface area contributed by atoms with Crippen molar-refractivity contribution in [2.24, 2.45) is 23.7 Å². The molecule has 4 saturated carbocycles. The number of hydrogen-bond acceptors (Lipinski definition) is 1. The molecule has 4 fully saturated rings. The highest BCUT2D eigenvalue weighted by atomic mass is 15.1. The van der Waals surface area contributed by atoms with Gasteiger partial charge in [0, 0.05) is 17.1 Å². The maximum atomic E-state index is 2.53. The van der Waals surface area contributed by atoms with Crippen molar-refractivity contribution in [1.82, 2.24) is 0 Å². The lowest BCUT2D eigenvalue weighted by Gasteiger charge is -2.55. The van der Waals surface area contributed by atoms with Crippen LogP contribution in [-0.4, -0.2) is 0 Å². The predicted molar refractivity (Wildman–Crippen MR) is 240 cm³/mol. The van der Waals surface area contributed by atoms with Crippen LogP contribution in [0.25, 0.3) is 55.3 Å². The Hall–Kier alpha value is -6.18. The van der Waals surface area contributed by atoms with Crippen molar-refractivity contribution in [3.8, 4) is 44.5 Å². The van der Waals surface area contributed by atoms with E-state index in [9.17, 15) is 0 Å². The molecule has 12 rings (SSSR count). The second kappa shape index (κ2) is 14.4. The number of nitrogens with zero attached hydrogens (tertiary/aromatic N) is 1. The first-order valence-electron chi connectivity index (χ1n) is 21.1. The molecule has 0 aliphatic heterocycles. The van der Waals surface area contributed by atoms with Gasteiger partial charge in [0.2, 0.25) is 0 Å². The van der Waals surface area contributed by atoms with Crippen molar-refractivity contribution in [3.63, 3.8) is 0 Å². The van der Waals surface area contributed by atoms with E-state index in [4.69, 9.17) is 0 Å². The maximum Gasteiger partial charge on any atom is 0.0462 e. The van der Waals surface area contributed by atoms with Crippen molar-refractivity contribution in [1.29, 1.82) is 0 Å². The molecule has 57 heavy (non-hydrogen) atoms. The van der Waals surface area contributed by atoms with E-state index in [2.05, 4.69) is 199 Å². The SMILES string of the molecule is c1ccc(-c2ccc(N(c3ccc(-c4ccccc4)cc3)c3ccc(-c4ccc5c(-c6ccccc6)ccc(C6C7CC8CC(C7)CC6C8)c5c4)cc3)cc2)cc1. The highest BCUT2D eigenvalue weighted by Crippen LogP contribution is 2.60. The molecule has 0 amide bonds. The lowest BCUT2D eigenvalue weighted by Crippen LogP contribution is -2.43. The van der Waals surface area contributed by atoms with Crippen LogP contribution in [0.2, 0.25) is 0 Å². The Kier molecular flexibility index (Phi) is 8.61. The summed E-state index contributed by atoms with van der Waals surface area (Å²) in [6, 6.07) is 71.7. The summed E-state index contributed by atoms with van der Waals surface area (Å²) in [7, 11) is 0. The molecule has 0 spiro atoms. The van der Waals surface area contributed by atoms with E-state index in [1.165, 1.54) is 87.4 Å². The fraction of sp³-hybridized carbons (Fsp3) is 0.179. The summed E-state index contributed by atoms with van der Waals surface area (Å²) < 4.78 is 0. The zero-order valence-electron chi connectivity index (χ0n) is 32.3. The molecular weight excluding hydrogens is 687 g/mol. The van der Waals surface area contributed by atoms with Crippen LogP contribution in [0.5, 0.6) is 0 Å². The Labute approximate surface area is 337 Å². The molecular formula is C56H47N. The average Bonchev–Trinajstić information content (AvgIpc) is 3.27. The predicted octanol–water partition coefficient (Wildman–Crippen LogP) is 15.5. The molecule has 8 aromatic rings. The summed E-state index contributed by atoms with van der Waals surface area (Å²) >= 11 is 0. The van der Waals surface area contributed by atoms with Gasteiger partial charge < -0.3 is 4.90 Å². The zero-order valence-corrected chi connectivity index (χ0v) is 32.3. The summed E-state index contributed by atoms with van der Waals surface area (Å²) in [4.78, 5) is 2.38. The molecule has 1 nitrogen and oxygen atoms in total. The van der Waals surface area contributed by atoms with Gasteiger partial charge in [-0.25, -0.2) is 0 Å². The lowest BCUT2D eigenvalue weighted by molar-refractivity contribution is -0.00230. The Morgan fingerprint density at radius 2 is 0.719 bits per heavy atom. The van der Waals surface area contributed by atoms with Crippen molar-refractivity contribution >= 4 is 27.8 Å². The van der Waals surface area contributed by atoms with Crippen LogP contribution in [0.3, 0.4) is 0 Å². The van der Waals surface area contributed by atoms with Gasteiger partial charge in [-0.2, -0.15) is 0 Å². The lowest BCUT2D eigenvalue weighted by atomic mass is 9.50. The van der Waals surface area contributed by atoms with Gasteiger partial charge in [0.15, 0.2) is 0 Å². The van der Waals surface area contributed by atoms with E-state index in [1.54, 1.807) is 5.56 Å². The third-order valence-corrected chi connectivity index (χ3v) is 13.6. The third kappa shape index (κ3) is 6.36. The van der Waals surface area contributed by atoms with Gasteiger partial charge >= 0.3 is 0 Å². The fourth-order valence-electron chi connectivity index (χ4n) is 11.3. The van der Waals surface area contributed by atoms with Crippen LogP contribution in [0.15, 0.2) is 194 Å². The Morgan fingerprint density at radius 3 is 1.19 bits per heavy atom. The van der Waals surface area contributed by atoms with Crippen LogP contribution >= 0.6 is 0 Å². The first-order valence-corrected chi connectivity index (χ1v) is 21.1. The number of fused-ring (bicyclic) bond motifs is 1. The molecule has 4 aliphatic carbocycles. The Bertz CT molecular complexity index is 2530. The normalized spacial score (nSPS) is 20.8. The summed E-state index contributed by atoms with van der Waals surface area (Å²) in [6.07, 6.45) is 7.22. The van der Waals surface area contributed by atoms with Crippen LogP contribution in [0.1, 0.15) is 43.6 Å². The number of hydrogen-bond donors (Lipinski definition) is 0. The van der Waals surface area contributed by atoms with Gasteiger partial charge in [-0.15, -0.1) is 0 Å². The number of anilines is 3. The van der Waals surface area contributed by atoms with Crippen molar-refractivity contribution in [3.05, 3.63) is 200 Å². The van der Waals surface area contributed by atoms with Crippen LogP contribution in [-0.2, 0) is 0 Å². The highest BCUT2D eigenvalue weighted by Gasteiger charge is 2.49. The van der Waals surface area contributed by atoms with E-state index in [0.29, 0.717) is 5.92 Å². The molecule has 0 N–H and O–H groups in total. The topological polar surface area (TPSA) is 3.24 Å². The molecule has 8 aromatic carbocycles. The van der Waals surface area contributed by atoms with Crippen LogP contribution in [0, 0.1) is 23.7 Å². The van der Waals surface area contributed by atoms with Crippen LogP contribution < -0.4 is 4.90 Å². The highest BCUT2D eigenvalue weighted by molar-refractivity contribution is 6.01. The molecule has 1 heteroatoms. The minimum absolute atomic E-state index is 0.679. The third-order valence-electron chi connectivity index (χ3n) is 13.6. The maximum absolute atomic E-state index is 2.53. The fourth-order valence-corrected chi connectivity index (χ4v) is 11.3. The molecule has 4 aliphatic rings. The Morgan fingerprint density at radius 1 is 0.316 bits per heavy atom. The molecule has 0 radical (unpaired) electrons. The minimum Gasteiger partial charge on any atom is -0.311 e. The van der Waals surface area contributed by atoms with Gasteiger partial charge in [-0.3, -0.25) is 0 Å². The van der Waals surface area contributed by atoms with E-state index < -0.39 is 0 Å². The van der Waals surface area contributed by atoms with Crippen LogP contribution in [0.4, 0.5) is 17.1 Å². The van der Waals surface area contributed by atoms with Crippen molar-refractivity contribution in [2.75, 3.05) is 4.90 Å². The van der Waals surface area contributed by atoms with E-state index >= 15 is 0 Å². The second-order valence-corrected chi connectivity index (χ2v) is 17.0. The molecule has 0 saturated heterocycles. The second-order valence-electron chi connectivity index (χ2n) is 17.0. The van der Waals surface area contributed by atoms with E-state index in [0.717, 1.165) is 40.7 Å². The molecule has 276 valence electrons. The van der Waals surface area contributed by atoms with E-state index in [-0.39, 0.29) is 0 Å². The van der Waals surface area contributed by atoms with Gasteiger partial charge in [-0.05, 0) is 165 Å². The molecule has 0 aromatic heterocycles. The zero-order chi connectivity index (χ0) is 37.7.